The Morgan fingerprint density at radius 3 is 2.66 bits per heavy atom. The maximum absolute atomic E-state index is 13.3. The molecule has 7 nitrogen and oxygen atoms in total. The van der Waals surface area contributed by atoms with Crippen LogP contribution in [0.5, 0.6) is 5.75 Å². The Kier molecular flexibility index (Phi) is 10.7. The van der Waals surface area contributed by atoms with E-state index in [-0.39, 0.29) is 17.3 Å². The first kappa shape index (κ1) is 26.3. The molecule has 8 heteroatoms. The zero-order valence-corrected chi connectivity index (χ0v) is 20.2. The quantitative estimate of drug-likeness (QED) is 0.199. The van der Waals surface area contributed by atoms with Crippen molar-refractivity contribution in [2.24, 2.45) is 0 Å². The number of rotatable bonds is 13. The largest absolute Gasteiger partial charge is 0.491 e. The van der Waals surface area contributed by atoms with Gasteiger partial charge in [-0.2, -0.15) is 9.65 Å². The molecule has 0 radical (unpaired) electrons. The standard InChI is InChI=1S/C27H33FN4O3/c1-2-6-25(31-27(33)22(20-29)19-23-7-5-8-26(28)30-23)21-9-11-24(12-10-21)35-18-17-34-16-15-32-13-3-4-14-32/h5,7-12,19,25H,2-4,6,13-18H2,1H3,(H,31,33). The Morgan fingerprint density at radius 1 is 1.20 bits per heavy atom. The first-order chi connectivity index (χ1) is 17.1. The van der Waals surface area contributed by atoms with E-state index in [0.717, 1.165) is 30.9 Å². The summed E-state index contributed by atoms with van der Waals surface area (Å²) in [5.41, 5.74) is 0.995. The molecule has 1 aromatic carbocycles. The van der Waals surface area contributed by atoms with Crippen molar-refractivity contribution in [2.45, 2.75) is 38.6 Å². The van der Waals surface area contributed by atoms with E-state index in [4.69, 9.17) is 9.47 Å². The van der Waals surface area contributed by atoms with E-state index in [1.54, 1.807) is 0 Å². The second-order valence-electron chi connectivity index (χ2n) is 8.45. The van der Waals surface area contributed by atoms with Crippen molar-refractivity contribution < 1.29 is 18.7 Å². The van der Waals surface area contributed by atoms with Crippen molar-refractivity contribution in [3.05, 3.63) is 65.2 Å². The van der Waals surface area contributed by atoms with Crippen molar-refractivity contribution in [3.63, 3.8) is 0 Å². The van der Waals surface area contributed by atoms with Crippen LogP contribution in [0.25, 0.3) is 6.08 Å². The number of nitriles is 1. The van der Waals surface area contributed by atoms with E-state index in [9.17, 15) is 14.4 Å². The summed E-state index contributed by atoms with van der Waals surface area (Å²) in [6.07, 6.45) is 5.39. The predicted molar refractivity (Wildman–Crippen MR) is 132 cm³/mol. The van der Waals surface area contributed by atoms with Gasteiger partial charge in [0.1, 0.15) is 24.0 Å². The molecule has 1 N–H and O–H groups in total. The number of hydrogen-bond donors (Lipinski definition) is 1. The predicted octanol–water partition coefficient (Wildman–Crippen LogP) is 4.28. The van der Waals surface area contributed by atoms with Crippen LogP contribution in [0.2, 0.25) is 0 Å². The fourth-order valence-corrected chi connectivity index (χ4v) is 3.96. The second kappa shape index (κ2) is 14.2. The molecule has 0 saturated carbocycles. The molecule has 1 saturated heterocycles. The van der Waals surface area contributed by atoms with Crippen molar-refractivity contribution in [2.75, 3.05) is 39.5 Å². The highest BCUT2D eigenvalue weighted by Gasteiger charge is 2.17. The molecule has 1 atom stereocenters. The molecule has 0 aliphatic carbocycles. The first-order valence-corrected chi connectivity index (χ1v) is 12.2. The Labute approximate surface area is 206 Å². The van der Waals surface area contributed by atoms with Gasteiger partial charge in [0.2, 0.25) is 5.95 Å². The molecule has 186 valence electrons. The minimum absolute atomic E-state index is 0.131. The maximum atomic E-state index is 13.3. The molecule has 1 aromatic heterocycles. The van der Waals surface area contributed by atoms with Gasteiger partial charge in [0.25, 0.3) is 5.91 Å². The fourth-order valence-electron chi connectivity index (χ4n) is 3.96. The number of carbonyl (C=O) groups excluding carboxylic acids is 1. The van der Waals surface area contributed by atoms with E-state index >= 15 is 0 Å². The number of amides is 1. The van der Waals surface area contributed by atoms with Gasteiger partial charge in [-0.1, -0.05) is 31.5 Å². The van der Waals surface area contributed by atoms with Crippen LogP contribution in [-0.4, -0.2) is 55.2 Å². The van der Waals surface area contributed by atoms with Gasteiger partial charge in [-0.3, -0.25) is 4.79 Å². The number of carbonyl (C=O) groups is 1. The van der Waals surface area contributed by atoms with Crippen LogP contribution in [0.3, 0.4) is 0 Å². The van der Waals surface area contributed by atoms with Gasteiger partial charge in [-0.25, -0.2) is 4.98 Å². The van der Waals surface area contributed by atoms with Crippen molar-refractivity contribution in [3.8, 4) is 11.8 Å². The average molecular weight is 481 g/mol. The SMILES string of the molecule is CCCC(NC(=O)C(C#N)=Cc1cccc(F)n1)c1ccc(OCCOCCN2CCCC2)cc1. The Hall–Kier alpha value is -3.28. The summed E-state index contributed by atoms with van der Waals surface area (Å²) in [6, 6.07) is 13.4. The Balaban J connectivity index is 1.50. The molecule has 2 aromatic rings. The second-order valence-corrected chi connectivity index (χ2v) is 8.45. The van der Waals surface area contributed by atoms with E-state index in [1.807, 2.05) is 37.3 Å². The lowest BCUT2D eigenvalue weighted by Crippen LogP contribution is -2.29. The number of aromatic nitrogens is 1. The highest BCUT2D eigenvalue weighted by molar-refractivity contribution is 6.01. The highest BCUT2D eigenvalue weighted by Crippen LogP contribution is 2.22. The minimum atomic E-state index is -0.670. The van der Waals surface area contributed by atoms with E-state index in [0.29, 0.717) is 19.6 Å². The number of likely N-dealkylation sites (tertiary alicyclic amines) is 1. The summed E-state index contributed by atoms with van der Waals surface area (Å²) in [5.74, 6) is -0.465. The number of nitrogens with one attached hydrogen (secondary N) is 1. The summed E-state index contributed by atoms with van der Waals surface area (Å²) in [4.78, 5) is 18.8. The summed E-state index contributed by atoms with van der Waals surface area (Å²) < 4.78 is 24.8. The molecule has 1 aliphatic heterocycles. The van der Waals surface area contributed by atoms with Gasteiger partial charge in [0, 0.05) is 6.54 Å². The Bertz CT molecular complexity index is 1010. The lowest BCUT2D eigenvalue weighted by atomic mass is 10.0. The third kappa shape index (κ3) is 8.78. The summed E-state index contributed by atoms with van der Waals surface area (Å²) in [6.45, 7) is 7.06. The molecular formula is C27H33FN4O3. The van der Waals surface area contributed by atoms with Crippen LogP contribution in [0.1, 0.15) is 49.9 Å². The van der Waals surface area contributed by atoms with Crippen molar-refractivity contribution in [1.29, 1.82) is 5.26 Å². The van der Waals surface area contributed by atoms with E-state index in [2.05, 4.69) is 15.2 Å². The van der Waals surface area contributed by atoms with E-state index in [1.165, 1.54) is 50.2 Å². The van der Waals surface area contributed by atoms with Crippen LogP contribution in [-0.2, 0) is 9.53 Å². The summed E-state index contributed by atoms with van der Waals surface area (Å²) in [5, 5.41) is 12.4. The number of halogens is 1. The van der Waals surface area contributed by atoms with Crippen molar-refractivity contribution in [1.82, 2.24) is 15.2 Å². The number of pyridine rings is 1. The molecule has 1 amide bonds. The number of ether oxygens (including phenoxy) is 2. The smallest absolute Gasteiger partial charge is 0.262 e. The van der Waals surface area contributed by atoms with E-state index < -0.39 is 11.9 Å². The normalized spacial score (nSPS) is 14.9. The molecule has 1 aliphatic rings. The molecule has 0 spiro atoms. The summed E-state index contributed by atoms with van der Waals surface area (Å²) in [7, 11) is 0. The minimum Gasteiger partial charge on any atom is -0.491 e. The number of nitrogens with zero attached hydrogens (tertiary/aromatic N) is 3. The third-order valence-electron chi connectivity index (χ3n) is 5.81. The topological polar surface area (TPSA) is 87.5 Å². The number of benzene rings is 1. The molecule has 1 unspecified atom stereocenters. The average Bonchev–Trinajstić information content (AvgIpc) is 3.38. The molecule has 3 rings (SSSR count). The lowest BCUT2D eigenvalue weighted by Gasteiger charge is -2.19. The van der Waals surface area contributed by atoms with Gasteiger partial charge in [0.05, 0.1) is 24.9 Å². The monoisotopic (exact) mass is 480 g/mol. The molecule has 35 heavy (non-hydrogen) atoms. The van der Waals surface area contributed by atoms with Gasteiger partial charge in [0.15, 0.2) is 0 Å². The maximum Gasteiger partial charge on any atom is 0.262 e. The van der Waals surface area contributed by atoms with Gasteiger partial charge in [-0.05, 0) is 68.3 Å². The van der Waals surface area contributed by atoms with Crippen LogP contribution >= 0.6 is 0 Å². The number of hydrogen-bond acceptors (Lipinski definition) is 6. The van der Waals surface area contributed by atoms with Crippen LogP contribution in [0.15, 0.2) is 48.0 Å². The molecular weight excluding hydrogens is 447 g/mol. The van der Waals surface area contributed by atoms with Gasteiger partial charge >= 0.3 is 0 Å². The highest BCUT2D eigenvalue weighted by atomic mass is 19.1. The van der Waals surface area contributed by atoms with Crippen molar-refractivity contribution >= 4 is 12.0 Å². The lowest BCUT2D eigenvalue weighted by molar-refractivity contribution is -0.117. The van der Waals surface area contributed by atoms with Crippen LogP contribution in [0.4, 0.5) is 4.39 Å². The van der Waals surface area contributed by atoms with Gasteiger partial charge < -0.3 is 19.7 Å². The summed E-state index contributed by atoms with van der Waals surface area (Å²) >= 11 is 0. The van der Waals surface area contributed by atoms with Gasteiger partial charge in [-0.15, -0.1) is 0 Å². The first-order valence-electron chi connectivity index (χ1n) is 12.2. The Morgan fingerprint density at radius 2 is 1.97 bits per heavy atom. The molecule has 2 heterocycles. The van der Waals surface area contributed by atoms with Crippen LogP contribution < -0.4 is 10.1 Å². The zero-order chi connectivity index (χ0) is 24.9. The molecule has 1 fully saturated rings. The van der Waals surface area contributed by atoms with Crippen LogP contribution in [0, 0.1) is 17.3 Å². The zero-order valence-electron chi connectivity index (χ0n) is 20.2. The third-order valence-corrected chi connectivity index (χ3v) is 5.81. The molecule has 0 bridgehead atoms. The fraction of sp³-hybridized carbons (Fsp3) is 0.444.